The zero-order chi connectivity index (χ0) is 14.8. The molecule has 2 rings (SSSR count). The van der Waals surface area contributed by atoms with Crippen molar-refractivity contribution in [3.63, 3.8) is 0 Å². The van der Waals surface area contributed by atoms with Crippen LogP contribution < -0.4 is 11.3 Å². The van der Waals surface area contributed by atoms with Crippen molar-refractivity contribution in [1.82, 2.24) is 15.4 Å². The van der Waals surface area contributed by atoms with Crippen molar-refractivity contribution >= 4 is 0 Å². The fraction of sp³-hybridized carbons (Fsp3) is 0.167. The van der Waals surface area contributed by atoms with Gasteiger partial charge < -0.3 is 0 Å². The van der Waals surface area contributed by atoms with E-state index in [1.54, 1.807) is 0 Å². The second-order valence-corrected chi connectivity index (χ2v) is 3.96. The van der Waals surface area contributed by atoms with Gasteiger partial charge in [0.1, 0.15) is 5.82 Å². The Morgan fingerprint density at radius 2 is 1.95 bits per heavy atom. The van der Waals surface area contributed by atoms with Crippen LogP contribution in [-0.4, -0.2) is 9.97 Å². The van der Waals surface area contributed by atoms with Crippen LogP contribution in [0.15, 0.2) is 36.8 Å². The minimum atomic E-state index is -4.57. The lowest BCUT2D eigenvalue weighted by molar-refractivity contribution is -0.137. The van der Waals surface area contributed by atoms with E-state index in [0.717, 1.165) is 6.07 Å². The van der Waals surface area contributed by atoms with E-state index in [1.165, 1.54) is 18.6 Å². The van der Waals surface area contributed by atoms with E-state index < -0.39 is 23.6 Å². The SMILES string of the molecule is NNC(c1cnccn1)c1cc(C(F)(F)F)ccc1F. The van der Waals surface area contributed by atoms with Crippen LogP contribution in [0.5, 0.6) is 0 Å². The molecule has 2 aromatic rings. The third kappa shape index (κ3) is 2.91. The normalized spacial score (nSPS) is 13.2. The molecule has 0 amide bonds. The number of halogens is 4. The fourth-order valence-electron chi connectivity index (χ4n) is 1.74. The minimum absolute atomic E-state index is 0.216. The summed E-state index contributed by atoms with van der Waals surface area (Å²) in [4.78, 5) is 7.68. The van der Waals surface area contributed by atoms with E-state index in [2.05, 4.69) is 15.4 Å². The summed E-state index contributed by atoms with van der Waals surface area (Å²) in [6.07, 6.45) is -0.543. The molecule has 4 nitrogen and oxygen atoms in total. The average molecular weight is 286 g/mol. The molecule has 0 aliphatic heterocycles. The minimum Gasteiger partial charge on any atom is -0.271 e. The summed E-state index contributed by atoms with van der Waals surface area (Å²) in [6, 6.07) is 1.10. The molecule has 0 spiro atoms. The second kappa shape index (κ2) is 5.51. The third-order valence-corrected chi connectivity index (χ3v) is 2.68. The van der Waals surface area contributed by atoms with Gasteiger partial charge >= 0.3 is 6.18 Å². The van der Waals surface area contributed by atoms with E-state index in [9.17, 15) is 17.6 Å². The molecule has 20 heavy (non-hydrogen) atoms. The molecular formula is C12H10F4N4. The first-order valence-electron chi connectivity index (χ1n) is 5.52. The lowest BCUT2D eigenvalue weighted by Gasteiger charge is -2.17. The first kappa shape index (κ1) is 14.4. The van der Waals surface area contributed by atoms with Gasteiger partial charge in [-0.15, -0.1) is 0 Å². The molecule has 8 heteroatoms. The largest absolute Gasteiger partial charge is 0.416 e. The Morgan fingerprint density at radius 3 is 2.50 bits per heavy atom. The van der Waals surface area contributed by atoms with Crippen molar-refractivity contribution in [2.75, 3.05) is 0 Å². The molecule has 3 N–H and O–H groups in total. The summed E-state index contributed by atoms with van der Waals surface area (Å²) >= 11 is 0. The van der Waals surface area contributed by atoms with Gasteiger partial charge in [-0.3, -0.25) is 15.8 Å². The van der Waals surface area contributed by atoms with Crippen LogP contribution in [0.3, 0.4) is 0 Å². The highest BCUT2D eigenvalue weighted by molar-refractivity contribution is 5.33. The number of nitrogens with zero attached hydrogens (tertiary/aromatic N) is 2. The Hall–Kier alpha value is -2.06. The van der Waals surface area contributed by atoms with E-state index >= 15 is 0 Å². The molecule has 1 heterocycles. The number of nitrogens with two attached hydrogens (primary N) is 1. The van der Waals surface area contributed by atoms with Gasteiger partial charge in [0.2, 0.25) is 0 Å². The molecule has 1 atom stereocenters. The predicted molar refractivity (Wildman–Crippen MR) is 62.6 cm³/mol. The molecule has 0 saturated carbocycles. The molecule has 0 radical (unpaired) electrons. The predicted octanol–water partition coefficient (Wildman–Crippen LogP) is 2.19. The van der Waals surface area contributed by atoms with Crippen molar-refractivity contribution in [2.24, 2.45) is 5.84 Å². The quantitative estimate of drug-likeness (QED) is 0.516. The van der Waals surface area contributed by atoms with E-state index in [-0.39, 0.29) is 11.3 Å². The highest BCUT2D eigenvalue weighted by atomic mass is 19.4. The zero-order valence-electron chi connectivity index (χ0n) is 10.0. The Bertz CT molecular complexity index is 586. The molecule has 0 saturated heterocycles. The molecule has 0 bridgehead atoms. The zero-order valence-corrected chi connectivity index (χ0v) is 10.0. The molecule has 0 aliphatic carbocycles. The number of nitrogens with one attached hydrogen (secondary N) is 1. The maximum absolute atomic E-state index is 13.8. The summed E-state index contributed by atoms with van der Waals surface area (Å²) in [5, 5.41) is 0. The summed E-state index contributed by atoms with van der Waals surface area (Å²) < 4.78 is 51.8. The van der Waals surface area contributed by atoms with Crippen molar-refractivity contribution < 1.29 is 17.6 Å². The third-order valence-electron chi connectivity index (χ3n) is 2.68. The summed E-state index contributed by atoms with van der Waals surface area (Å²) in [5.74, 6) is 4.49. The van der Waals surface area contributed by atoms with E-state index in [0.29, 0.717) is 12.1 Å². The van der Waals surface area contributed by atoms with Crippen LogP contribution in [0.1, 0.15) is 22.9 Å². The number of hydrogen-bond acceptors (Lipinski definition) is 4. The van der Waals surface area contributed by atoms with Crippen molar-refractivity contribution in [3.05, 3.63) is 59.4 Å². The topological polar surface area (TPSA) is 63.8 Å². The first-order chi connectivity index (χ1) is 9.43. The Balaban J connectivity index is 2.50. The summed E-state index contributed by atoms with van der Waals surface area (Å²) in [6.45, 7) is 0. The lowest BCUT2D eigenvalue weighted by atomic mass is 10.0. The first-order valence-corrected chi connectivity index (χ1v) is 5.52. The van der Waals surface area contributed by atoms with Crippen LogP contribution >= 0.6 is 0 Å². The van der Waals surface area contributed by atoms with Crippen LogP contribution in [0.25, 0.3) is 0 Å². The van der Waals surface area contributed by atoms with Gasteiger partial charge in [-0.05, 0) is 18.2 Å². The second-order valence-electron chi connectivity index (χ2n) is 3.96. The van der Waals surface area contributed by atoms with Gasteiger partial charge in [-0.2, -0.15) is 13.2 Å². The van der Waals surface area contributed by atoms with Crippen LogP contribution in [0.4, 0.5) is 17.6 Å². The summed E-state index contributed by atoms with van der Waals surface area (Å²) in [7, 11) is 0. The monoisotopic (exact) mass is 286 g/mol. The van der Waals surface area contributed by atoms with Gasteiger partial charge in [0.15, 0.2) is 0 Å². The van der Waals surface area contributed by atoms with Gasteiger partial charge in [-0.1, -0.05) is 0 Å². The van der Waals surface area contributed by atoms with Gasteiger partial charge in [0.25, 0.3) is 0 Å². The number of rotatable bonds is 3. The smallest absolute Gasteiger partial charge is 0.271 e. The van der Waals surface area contributed by atoms with E-state index in [1.807, 2.05) is 0 Å². The highest BCUT2D eigenvalue weighted by Crippen LogP contribution is 2.32. The van der Waals surface area contributed by atoms with Crippen LogP contribution in [0, 0.1) is 5.82 Å². The number of aromatic nitrogens is 2. The molecule has 0 fully saturated rings. The maximum atomic E-state index is 13.8. The average Bonchev–Trinajstić information content (AvgIpc) is 2.41. The van der Waals surface area contributed by atoms with Crippen molar-refractivity contribution in [3.8, 4) is 0 Å². The molecule has 0 aliphatic rings. The van der Waals surface area contributed by atoms with Crippen LogP contribution in [-0.2, 0) is 6.18 Å². The Kier molecular flexibility index (Phi) is 3.96. The fourth-order valence-corrected chi connectivity index (χ4v) is 1.74. The van der Waals surface area contributed by atoms with Gasteiger partial charge in [0, 0.05) is 18.0 Å². The number of hydrazine groups is 1. The molecule has 106 valence electrons. The van der Waals surface area contributed by atoms with Gasteiger partial charge in [0.05, 0.1) is 23.5 Å². The molecule has 1 aromatic heterocycles. The number of benzene rings is 1. The molecule has 1 unspecified atom stereocenters. The van der Waals surface area contributed by atoms with Crippen LogP contribution in [0.2, 0.25) is 0 Å². The lowest BCUT2D eigenvalue weighted by Crippen LogP contribution is -2.30. The standard InChI is InChI=1S/C12H10F4N4/c13-9-2-1-7(12(14,15)16)5-8(9)11(20-17)10-6-18-3-4-19-10/h1-6,11,20H,17H2. The number of hydrogen-bond donors (Lipinski definition) is 2. The molecule has 1 aromatic carbocycles. The van der Waals surface area contributed by atoms with E-state index in [4.69, 9.17) is 5.84 Å². The Morgan fingerprint density at radius 1 is 1.20 bits per heavy atom. The maximum Gasteiger partial charge on any atom is 0.416 e. The van der Waals surface area contributed by atoms with Crippen molar-refractivity contribution in [1.29, 1.82) is 0 Å². The Labute approximate surface area is 111 Å². The summed E-state index contributed by atoms with van der Waals surface area (Å²) in [5.41, 5.74) is 1.25. The molecular weight excluding hydrogens is 276 g/mol. The number of alkyl halides is 3. The van der Waals surface area contributed by atoms with Crippen molar-refractivity contribution in [2.45, 2.75) is 12.2 Å². The highest BCUT2D eigenvalue weighted by Gasteiger charge is 2.32. The van der Waals surface area contributed by atoms with Gasteiger partial charge in [-0.25, -0.2) is 9.82 Å².